The van der Waals surface area contributed by atoms with E-state index in [0.717, 1.165) is 0 Å². The highest BCUT2D eigenvalue weighted by Crippen LogP contribution is 2.52. The standard InChI is InChI=1S/C23H25ClFN2O10P/c1-5-23(24)18(28)17(35-21(23)27-11-16(25)19(29)26-22(27)31)12-33-38(32,37-15-9-7-6-8-10-15)36-14(4)20(30)34-13(2)3/h1,6-11,13-14,17-18,21,28H,12H2,2-4H3,(H,26,29,31)/t14-,17+,18-,21+,23?,38?/m0/s1. The Hall–Kier alpha value is -2.98. The molecule has 1 saturated heterocycles. The Morgan fingerprint density at radius 3 is 2.61 bits per heavy atom. The lowest BCUT2D eigenvalue weighted by molar-refractivity contribution is -0.156. The van der Waals surface area contributed by atoms with E-state index < -0.39 is 73.0 Å². The van der Waals surface area contributed by atoms with E-state index in [2.05, 4.69) is 5.92 Å². The Bertz CT molecular complexity index is 1360. The smallest absolute Gasteiger partial charge is 0.461 e. The number of hydrogen-bond acceptors (Lipinski definition) is 10. The number of para-hydroxylation sites is 1. The quantitative estimate of drug-likeness (QED) is 0.186. The van der Waals surface area contributed by atoms with Gasteiger partial charge in [-0.3, -0.25) is 23.4 Å². The molecule has 15 heteroatoms. The molecule has 1 aromatic heterocycles. The number of carbonyl (C=O) groups is 1. The molecule has 2 aromatic rings. The Kier molecular flexibility index (Phi) is 9.20. The molecular formula is C23H25ClFN2O10P. The fraction of sp³-hybridized carbons (Fsp3) is 0.435. The fourth-order valence-electron chi connectivity index (χ4n) is 3.36. The molecule has 0 spiro atoms. The average molecular weight is 575 g/mol. The van der Waals surface area contributed by atoms with Crippen LogP contribution in [0.2, 0.25) is 0 Å². The zero-order valence-electron chi connectivity index (χ0n) is 20.4. The molecule has 2 heterocycles. The summed E-state index contributed by atoms with van der Waals surface area (Å²) >= 11 is 6.39. The Morgan fingerprint density at radius 2 is 2.00 bits per heavy atom. The normalized spacial score (nSPS) is 25.4. The third-order valence-corrected chi connectivity index (χ3v) is 7.17. The van der Waals surface area contributed by atoms with Crippen molar-refractivity contribution in [3.63, 3.8) is 0 Å². The number of esters is 1. The van der Waals surface area contributed by atoms with E-state index in [9.17, 15) is 28.4 Å². The monoisotopic (exact) mass is 574 g/mol. The number of nitrogens with one attached hydrogen (secondary N) is 1. The highest BCUT2D eigenvalue weighted by molar-refractivity contribution is 7.49. The largest absolute Gasteiger partial charge is 0.530 e. The number of aliphatic hydroxyl groups is 1. The molecule has 0 aliphatic carbocycles. The zero-order valence-corrected chi connectivity index (χ0v) is 22.1. The van der Waals surface area contributed by atoms with E-state index in [1.165, 1.54) is 19.1 Å². The number of phosphoric ester groups is 1. The van der Waals surface area contributed by atoms with Crippen molar-refractivity contribution in [2.45, 2.75) is 56.3 Å². The number of rotatable bonds is 10. The number of alkyl halides is 1. The lowest BCUT2D eigenvalue weighted by atomic mass is 9.99. The summed E-state index contributed by atoms with van der Waals surface area (Å²) in [6, 6.07) is 7.74. The number of H-pyrrole nitrogens is 1. The second-order valence-corrected chi connectivity index (χ2v) is 10.6. The third kappa shape index (κ3) is 6.53. The maximum atomic E-state index is 13.9. The topological polar surface area (TPSA) is 155 Å². The molecule has 12 nitrogen and oxygen atoms in total. The van der Waals surface area contributed by atoms with Crippen molar-refractivity contribution < 1.29 is 41.9 Å². The second kappa shape index (κ2) is 11.8. The molecule has 6 atom stereocenters. The lowest BCUT2D eigenvalue weighted by Crippen LogP contribution is -2.44. The predicted octanol–water partition coefficient (Wildman–Crippen LogP) is 2.11. The maximum absolute atomic E-state index is 13.9. The predicted molar refractivity (Wildman–Crippen MR) is 131 cm³/mol. The number of nitrogens with zero attached hydrogens (tertiary/aromatic N) is 1. The molecule has 38 heavy (non-hydrogen) atoms. The van der Waals surface area contributed by atoms with E-state index in [4.69, 9.17) is 41.1 Å². The molecule has 1 aliphatic heterocycles. The van der Waals surface area contributed by atoms with E-state index in [-0.39, 0.29) is 5.75 Å². The number of carbonyl (C=O) groups excluding carboxylic acids is 1. The second-order valence-electron chi connectivity index (χ2n) is 8.41. The molecule has 2 unspecified atom stereocenters. The maximum Gasteiger partial charge on any atom is 0.530 e. The summed E-state index contributed by atoms with van der Waals surface area (Å²) in [6.07, 6.45) is -0.750. The van der Waals surface area contributed by atoms with Crippen molar-refractivity contribution in [3.05, 3.63) is 63.2 Å². The van der Waals surface area contributed by atoms with Crippen molar-refractivity contribution >= 4 is 25.4 Å². The van der Waals surface area contributed by atoms with Gasteiger partial charge in [-0.25, -0.2) is 14.2 Å². The van der Waals surface area contributed by atoms with Crippen LogP contribution in [-0.2, 0) is 27.9 Å². The van der Waals surface area contributed by atoms with Gasteiger partial charge in [-0.2, -0.15) is 4.39 Å². The molecule has 0 bridgehead atoms. The molecular weight excluding hydrogens is 550 g/mol. The number of hydrogen-bond donors (Lipinski definition) is 2. The van der Waals surface area contributed by atoms with Crippen molar-refractivity contribution in [2.75, 3.05) is 6.61 Å². The molecule has 3 rings (SSSR count). The van der Waals surface area contributed by atoms with Crippen LogP contribution >= 0.6 is 19.4 Å². The van der Waals surface area contributed by atoms with Crippen molar-refractivity contribution in [1.82, 2.24) is 9.55 Å². The van der Waals surface area contributed by atoms with Crippen LogP contribution in [0, 0.1) is 18.2 Å². The van der Waals surface area contributed by atoms with Crippen molar-refractivity contribution in [1.29, 1.82) is 0 Å². The number of aromatic amines is 1. The van der Waals surface area contributed by atoms with Crippen LogP contribution in [0.1, 0.15) is 27.0 Å². The zero-order chi connectivity index (χ0) is 28.3. The first-order valence-electron chi connectivity index (χ1n) is 11.2. The van der Waals surface area contributed by atoms with Gasteiger partial charge in [0.1, 0.15) is 18.0 Å². The van der Waals surface area contributed by atoms with Crippen LogP contribution in [0.4, 0.5) is 4.39 Å². The van der Waals surface area contributed by atoms with Gasteiger partial charge in [0.2, 0.25) is 5.82 Å². The average Bonchev–Trinajstić information content (AvgIpc) is 3.10. The minimum atomic E-state index is -4.60. The van der Waals surface area contributed by atoms with Gasteiger partial charge in [0.15, 0.2) is 17.2 Å². The third-order valence-electron chi connectivity index (χ3n) is 5.17. The van der Waals surface area contributed by atoms with E-state index in [0.29, 0.717) is 10.8 Å². The molecule has 1 aliphatic rings. The van der Waals surface area contributed by atoms with Gasteiger partial charge in [-0.05, 0) is 32.9 Å². The van der Waals surface area contributed by atoms with Gasteiger partial charge in [-0.15, -0.1) is 6.42 Å². The SMILES string of the molecule is C#CC1(Cl)[C@@H](O)[C@@H](COP(=O)(Oc2ccccc2)O[C@@H](C)C(=O)OC(C)C)O[C@H]1n1cc(F)c(=O)[nH]c1=O. The Morgan fingerprint density at radius 1 is 1.34 bits per heavy atom. The minimum absolute atomic E-state index is 0.0663. The first-order chi connectivity index (χ1) is 17.8. The summed E-state index contributed by atoms with van der Waals surface area (Å²) in [5.74, 6) is -0.0149. The van der Waals surface area contributed by atoms with Gasteiger partial charge in [0.05, 0.1) is 18.9 Å². The number of terminal acetylenes is 1. The number of phosphoric acid groups is 1. The van der Waals surface area contributed by atoms with Crippen LogP contribution in [0.15, 0.2) is 46.1 Å². The Labute approximate surface area is 221 Å². The van der Waals surface area contributed by atoms with Crippen LogP contribution in [0.3, 0.4) is 0 Å². The number of halogens is 2. The minimum Gasteiger partial charge on any atom is -0.461 e. The number of aromatic nitrogens is 2. The van der Waals surface area contributed by atoms with Crippen LogP contribution in [0.25, 0.3) is 0 Å². The fourth-order valence-corrected chi connectivity index (χ4v) is 5.00. The summed E-state index contributed by atoms with van der Waals surface area (Å²) in [4.78, 5) is 35.5. The lowest BCUT2D eigenvalue weighted by Gasteiger charge is -2.25. The first kappa shape index (κ1) is 29.6. The van der Waals surface area contributed by atoms with Crippen LogP contribution in [-0.4, -0.2) is 56.5 Å². The van der Waals surface area contributed by atoms with Gasteiger partial charge >= 0.3 is 19.5 Å². The number of aliphatic hydroxyl groups excluding tert-OH is 1. The van der Waals surface area contributed by atoms with E-state index in [1.807, 2.05) is 0 Å². The highest BCUT2D eigenvalue weighted by Gasteiger charge is 2.56. The molecule has 2 N–H and O–H groups in total. The summed E-state index contributed by atoms with van der Waals surface area (Å²) in [5, 5.41) is 10.8. The molecule has 0 saturated carbocycles. The summed E-state index contributed by atoms with van der Waals surface area (Å²) in [7, 11) is -4.60. The summed E-state index contributed by atoms with van der Waals surface area (Å²) < 4.78 is 54.7. The highest BCUT2D eigenvalue weighted by atomic mass is 35.5. The van der Waals surface area contributed by atoms with Gasteiger partial charge in [-0.1, -0.05) is 35.7 Å². The van der Waals surface area contributed by atoms with E-state index in [1.54, 1.807) is 37.0 Å². The van der Waals surface area contributed by atoms with Crippen LogP contribution in [0.5, 0.6) is 5.75 Å². The molecule has 1 aromatic carbocycles. The number of benzene rings is 1. The number of ether oxygens (including phenoxy) is 2. The summed E-state index contributed by atoms with van der Waals surface area (Å²) in [5.41, 5.74) is -2.40. The van der Waals surface area contributed by atoms with Gasteiger partial charge in [0, 0.05) is 0 Å². The molecule has 206 valence electrons. The molecule has 0 amide bonds. The first-order valence-corrected chi connectivity index (χ1v) is 13.0. The summed E-state index contributed by atoms with van der Waals surface area (Å²) in [6.45, 7) is 3.76. The van der Waals surface area contributed by atoms with Gasteiger partial charge < -0.3 is 19.1 Å². The molecule has 1 fully saturated rings. The van der Waals surface area contributed by atoms with Crippen LogP contribution < -0.4 is 15.8 Å². The molecule has 0 radical (unpaired) electrons. The van der Waals surface area contributed by atoms with E-state index >= 15 is 0 Å². The van der Waals surface area contributed by atoms with Crippen molar-refractivity contribution in [3.8, 4) is 18.1 Å². The van der Waals surface area contributed by atoms with Gasteiger partial charge in [0.25, 0.3) is 5.56 Å². The van der Waals surface area contributed by atoms with Crippen molar-refractivity contribution in [2.24, 2.45) is 0 Å². The Balaban J connectivity index is 1.86.